The van der Waals surface area contributed by atoms with Crippen molar-refractivity contribution in [3.05, 3.63) is 35.1 Å². The first-order chi connectivity index (χ1) is 13.8. The maximum absolute atomic E-state index is 10.1. The quantitative estimate of drug-likeness (QED) is 0.519. The Labute approximate surface area is 177 Å². The molecule has 0 aromatic carbocycles. The van der Waals surface area contributed by atoms with E-state index < -0.39 is 0 Å². The Morgan fingerprint density at radius 3 is 2.69 bits per heavy atom. The summed E-state index contributed by atoms with van der Waals surface area (Å²) in [5, 5.41) is 14.0. The second-order valence-electron chi connectivity index (χ2n) is 11.7. The molecule has 0 spiro atoms. The van der Waals surface area contributed by atoms with Gasteiger partial charge in [-0.15, -0.1) is 0 Å². The topological polar surface area (TPSA) is 32.3 Å². The Balaban J connectivity index is 1.40. The number of aliphatic hydroxyl groups is 1. The van der Waals surface area contributed by atoms with Crippen molar-refractivity contribution in [2.24, 2.45) is 40.4 Å². The van der Waals surface area contributed by atoms with Crippen molar-refractivity contribution >= 4 is 0 Å². The van der Waals surface area contributed by atoms with Crippen LogP contribution >= 0.6 is 0 Å². The van der Waals surface area contributed by atoms with Gasteiger partial charge in [-0.2, -0.15) is 0 Å². The van der Waals surface area contributed by atoms with Gasteiger partial charge in [-0.25, -0.2) is 0 Å². The summed E-state index contributed by atoms with van der Waals surface area (Å²) in [7, 11) is 0. The SMILES string of the molecule is CC1CCC(C(C)C2(C)CCC3C2=CCC2C3CC=C3C=C(O)CCC32C)NC1. The number of allylic oxidation sites excluding steroid dienone is 6. The molecule has 2 heteroatoms. The van der Waals surface area contributed by atoms with Gasteiger partial charge < -0.3 is 10.4 Å². The lowest BCUT2D eigenvalue weighted by atomic mass is 9.52. The van der Waals surface area contributed by atoms with Gasteiger partial charge in [-0.1, -0.05) is 45.4 Å². The van der Waals surface area contributed by atoms with E-state index in [1.54, 1.807) is 0 Å². The van der Waals surface area contributed by atoms with Gasteiger partial charge >= 0.3 is 0 Å². The molecule has 1 saturated heterocycles. The van der Waals surface area contributed by atoms with Crippen LogP contribution in [0.4, 0.5) is 0 Å². The molecule has 1 aliphatic heterocycles. The van der Waals surface area contributed by atoms with Crippen LogP contribution in [-0.2, 0) is 0 Å². The minimum Gasteiger partial charge on any atom is -0.512 e. The zero-order chi connectivity index (χ0) is 20.4. The van der Waals surface area contributed by atoms with E-state index in [2.05, 4.69) is 51.2 Å². The lowest BCUT2D eigenvalue weighted by Gasteiger charge is -2.52. The average molecular weight is 396 g/mol. The van der Waals surface area contributed by atoms with Crippen LogP contribution in [0.2, 0.25) is 0 Å². The fraction of sp³-hybridized carbons (Fsp3) is 0.778. The van der Waals surface area contributed by atoms with Crippen molar-refractivity contribution in [1.29, 1.82) is 0 Å². The molecule has 5 rings (SSSR count). The number of rotatable bonds is 2. The summed E-state index contributed by atoms with van der Waals surface area (Å²) in [6.07, 6.45) is 17.2. The average Bonchev–Trinajstić information content (AvgIpc) is 3.07. The number of nitrogens with one attached hydrogen (secondary N) is 1. The lowest BCUT2D eigenvalue weighted by Crippen LogP contribution is -2.48. The van der Waals surface area contributed by atoms with Crippen LogP contribution < -0.4 is 5.32 Å². The summed E-state index contributed by atoms with van der Waals surface area (Å²) in [4.78, 5) is 0. The molecule has 1 saturated carbocycles. The van der Waals surface area contributed by atoms with Crippen molar-refractivity contribution in [3.63, 3.8) is 0 Å². The zero-order valence-corrected chi connectivity index (χ0v) is 19.0. The molecule has 160 valence electrons. The maximum atomic E-state index is 10.1. The third-order valence-electron chi connectivity index (χ3n) is 10.3. The predicted octanol–water partition coefficient (Wildman–Crippen LogP) is 6.56. The molecule has 5 aliphatic rings. The van der Waals surface area contributed by atoms with Crippen LogP contribution in [0.25, 0.3) is 0 Å². The fourth-order valence-electron chi connectivity index (χ4n) is 8.06. The summed E-state index contributed by atoms with van der Waals surface area (Å²) in [5.74, 6) is 4.51. The van der Waals surface area contributed by atoms with E-state index in [9.17, 15) is 5.11 Å². The highest BCUT2D eigenvalue weighted by Gasteiger charge is 2.55. The summed E-state index contributed by atoms with van der Waals surface area (Å²) < 4.78 is 0. The standard InChI is InChI=1S/C27H41NO/c1-17-5-10-25(28-16-17)18(2)26(3)14-12-22-21-7-6-19-15-20(29)11-13-27(19,4)24(21)9-8-23(22)26/h6,8,15,17-18,21-22,24-25,28-29H,5,7,9-14,16H2,1-4H3. The smallest absolute Gasteiger partial charge is 0.0925 e. The number of aliphatic hydroxyl groups excluding tert-OH is 1. The van der Waals surface area contributed by atoms with E-state index in [4.69, 9.17) is 0 Å². The number of fused-ring (bicyclic) bond motifs is 5. The van der Waals surface area contributed by atoms with Crippen molar-refractivity contribution in [2.75, 3.05) is 6.54 Å². The van der Waals surface area contributed by atoms with E-state index >= 15 is 0 Å². The van der Waals surface area contributed by atoms with Crippen molar-refractivity contribution < 1.29 is 5.11 Å². The second-order valence-corrected chi connectivity index (χ2v) is 11.7. The number of piperidine rings is 1. The van der Waals surface area contributed by atoms with Crippen molar-refractivity contribution in [2.45, 2.75) is 85.1 Å². The first-order valence-corrected chi connectivity index (χ1v) is 12.4. The molecule has 0 bridgehead atoms. The second kappa shape index (κ2) is 7.01. The summed E-state index contributed by atoms with van der Waals surface area (Å²) in [5.41, 5.74) is 3.89. The molecule has 8 atom stereocenters. The van der Waals surface area contributed by atoms with E-state index in [-0.39, 0.29) is 5.41 Å². The van der Waals surface area contributed by atoms with Crippen LogP contribution in [0.1, 0.15) is 79.1 Å². The Kier molecular flexibility index (Phi) is 4.81. The molecule has 2 nitrogen and oxygen atoms in total. The zero-order valence-electron chi connectivity index (χ0n) is 19.0. The first kappa shape index (κ1) is 19.9. The predicted molar refractivity (Wildman–Crippen MR) is 121 cm³/mol. The van der Waals surface area contributed by atoms with Gasteiger partial charge in [0.15, 0.2) is 0 Å². The van der Waals surface area contributed by atoms with Crippen LogP contribution in [0.3, 0.4) is 0 Å². The summed E-state index contributed by atoms with van der Waals surface area (Å²) in [6.45, 7) is 11.2. The minimum atomic E-state index is 0.267. The normalized spacial score (nSPS) is 47.9. The molecule has 4 aliphatic carbocycles. The molecule has 2 N–H and O–H groups in total. The van der Waals surface area contributed by atoms with Crippen molar-refractivity contribution in [3.8, 4) is 0 Å². The van der Waals surface area contributed by atoms with Crippen LogP contribution in [0.5, 0.6) is 0 Å². The molecular formula is C27H41NO. The molecule has 1 heterocycles. The van der Waals surface area contributed by atoms with E-state index in [1.807, 2.05) is 5.57 Å². The highest BCUT2D eigenvalue weighted by Crippen LogP contribution is 2.63. The Morgan fingerprint density at radius 2 is 1.93 bits per heavy atom. The lowest BCUT2D eigenvalue weighted by molar-refractivity contribution is 0.0840. The molecule has 0 radical (unpaired) electrons. The number of hydrogen-bond donors (Lipinski definition) is 2. The Morgan fingerprint density at radius 1 is 1.10 bits per heavy atom. The van der Waals surface area contributed by atoms with E-state index in [0.29, 0.717) is 17.2 Å². The van der Waals surface area contributed by atoms with E-state index in [0.717, 1.165) is 42.4 Å². The highest BCUT2D eigenvalue weighted by molar-refractivity contribution is 5.38. The van der Waals surface area contributed by atoms with Crippen LogP contribution in [0, 0.1) is 40.4 Å². The molecule has 8 unspecified atom stereocenters. The van der Waals surface area contributed by atoms with Crippen LogP contribution in [-0.4, -0.2) is 17.7 Å². The molecule has 0 aromatic heterocycles. The van der Waals surface area contributed by atoms with Gasteiger partial charge in [0.05, 0.1) is 5.76 Å². The maximum Gasteiger partial charge on any atom is 0.0925 e. The minimum absolute atomic E-state index is 0.267. The van der Waals surface area contributed by atoms with Gasteiger partial charge in [0, 0.05) is 12.5 Å². The van der Waals surface area contributed by atoms with Gasteiger partial charge in [0.25, 0.3) is 0 Å². The van der Waals surface area contributed by atoms with Gasteiger partial charge in [-0.3, -0.25) is 0 Å². The summed E-state index contributed by atoms with van der Waals surface area (Å²) in [6, 6.07) is 0.690. The summed E-state index contributed by atoms with van der Waals surface area (Å²) >= 11 is 0. The van der Waals surface area contributed by atoms with E-state index in [1.165, 1.54) is 50.6 Å². The largest absolute Gasteiger partial charge is 0.512 e. The van der Waals surface area contributed by atoms with Gasteiger partial charge in [-0.05, 0) is 104 Å². The molecule has 29 heavy (non-hydrogen) atoms. The third kappa shape index (κ3) is 2.99. The van der Waals surface area contributed by atoms with Crippen LogP contribution in [0.15, 0.2) is 35.1 Å². The number of hydrogen-bond acceptors (Lipinski definition) is 2. The Hall–Kier alpha value is -1.02. The first-order valence-electron chi connectivity index (χ1n) is 12.4. The van der Waals surface area contributed by atoms with Gasteiger partial charge in [0.2, 0.25) is 0 Å². The molecular weight excluding hydrogens is 354 g/mol. The monoisotopic (exact) mass is 395 g/mol. The molecule has 0 amide bonds. The third-order valence-corrected chi connectivity index (χ3v) is 10.3. The fourth-order valence-corrected chi connectivity index (χ4v) is 8.06. The van der Waals surface area contributed by atoms with Gasteiger partial charge in [0.1, 0.15) is 0 Å². The highest BCUT2D eigenvalue weighted by atomic mass is 16.3. The molecule has 2 fully saturated rings. The Bertz CT molecular complexity index is 754. The van der Waals surface area contributed by atoms with Crippen molar-refractivity contribution in [1.82, 2.24) is 5.32 Å². The molecule has 0 aromatic rings.